The van der Waals surface area contributed by atoms with Crippen LogP contribution in [0.2, 0.25) is 0 Å². The third-order valence-corrected chi connectivity index (χ3v) is 8.95. The van der Waals surface area contributed by atoms with Crippen LogP contribution >= 0.6 is 0 Å². The summed E-state index contributed by atoms with van der Waals surface area (Å²) in [5.41, 5.74) is 0. The molecule has 0 amide bonds. The van der Waals surface area contributed by atoms with Crippen LogP contribution in [0.25, 0.3) is 0 Å². The van der Waals surface area contributed by atoms with E-state index >= 15 is 0 Å². The molecule has 0 fully saturated rings. The largest absolute Gasteiger partial charge is 0.462 e. The fraction of sp³-hybridized carbons (Fsp3) is 0.456. The van der Waals surface area contributed by atoms with E-state index < -0.39 is 12.1 Å². The molecule has 0 rings (SSSR count). The third kappa shape index (κ3) is 47.7. The summed E-state index contributed by atoms with van der Waals surface area (Å²) in [6.45, 7) is 6.05. The third-order valence-electron chi connectivity index (χ3n) is 8.95. The average Bonchev–Trinajstić information content (AvgIpc) is 3.28. The molecule has 346 valence electrons. The van der Waals surface area contributed by atoms with Crippen LogP contribution in [0.4, 0.5) is 0 Å². The van der Waals surface area contributed by atoms with Gasteiger partial charge in [0.05, 0.1) is 0 Å². The SMILES string of the molecule is CC\C=C/C=C\C=C/C=C\C=C/CCCC(=O)OCC(COC(=O)CCCCCCCC/C=C\C/C=C\C/C=C\C/C=C\CC)OC(=O)CCC\C=C/C=C\C=C/C=C\C=C/CC. The maximum atomic E-state index is 12.7. The molecule has 1 unspecified atom stereocenters. The van der Waals surface area contributed by atoms with Gasteiger partial charge >= 0.3 is 17.9 Å². The Bertz CT molecular complexity index is 1550. The first-order chi connectivity index (χ1) is 31.0. The Morgan fingerprint density at radius 3 is 1.13 bits per heavy atom. The molecule has 0 saturated carbocycles. The van der Waals surface area contributed by atoms with Crippen molar-refractivity contribution in [2.75, 3.05) is 13.2 Å². The highest BCUT2D eigenvalue weighted by molar-refractivity contribution is 5.71. The van der Waals surface area contributed by atoms with Crippen molar-refractivity contribution in [2.45, 2.75) is 155 Å². The van der Waals surface area contributed by atoms with E-state index in [2.05, 4.69) is 81.5 Å². The molecule has 0 aromatic carbocycles. The topological polar surface area (TPSA) is 78.9 Å². The van der Waals surface area contributed by atoms with E-state index in [9.17, 15) is 14.4 Å². The molecule has 0 aromatic rings. The molecule has 0 aliphatic rings. The number of rotatable bonds is 39. The van der Waals surface area contributed by atoms with Crippen molar-refractivity contribution in [1.29, 1.82) is 0 Å². The molecule has 0 spiro atoms. The monoisotopic (exact) mass is 863 g/mol. The number of ether oxygens (including phenoxy) is 3. The standard InChI is InChI=1S/C57H82O6/c1-4-7-10-13-16-19-22-25-26-27-28-29-30-33-35-38-41-44-47-50-56(59)62-53-54(63-57(60)51-48-45-42-39-36-32-24-21-18-15-12-9-6-3)52-61-55(58)49-46-43-40-37-34-31-23-20-17-14-11-8-5-2/h7-12,14-21,23-26,28-29,31-32,34,36-37,39-40,42,54H,4-6,13,22,27,30,33,35,38,41,43-53H2,1-3H3/b10-7-,11-8-,12-9-,17-14-,18-15-,19-16-,23-20-,24-21-,26-25-,29-28-,34-31-,36-32-,40-37-,42-39-. The lowest BCUT2D eigenvalue weighted by molar-refractivity contribution is -0.167. The highest BCUT2D eigenvalue weighted by Crippen LogP contribution is 2.11. The van der Waals surface area contributed by atoms with Gasteiger partial charge in [-0.15, -0.1) is 0 Å². The van der Waals surface area contributed by atoms with Crippen molar-refractivity contribution in [3.8, 4) is 0 Å². The summed E-state index contributed by atoms with van der Waals surface area (Å²) in [5.74, 6) is -1.13. The molecule has 0 radical (unpaired) electrons. The molecule has 63 heavy (non-hydrogen) atoms. The second-order valence-corrected chi connectivity index (χ2v) is 14.8. The zero-order chi connectivity index (χ0) is 45.8. The van der Waals surface area contributed by atoms with E-state index in [1.807, 2.05) is 109 Å². The second-order valence-electron chi connectivity index (χ2n) is 14.8. The Kier molecular flexibility index (Phi) is 45.3. The van der Waals surface area contributed by atoms with Crippen LogP contribution in [-0.2, 0) is 28.6 Å². The summed E-state index contributed by atoms with van der Waals surface area (Å²) in [7, 11) is 0. The zero-order valence-corrected chi connectivity index (χ0v) is 39.2. The predicted molar refractivity (Wildman–Crippen MR) is 269 cm³/mol. The number of hydrogen-bond donors (Lipinski definition) is 0. The van der Waals surface area contributed by atoms with Gasteiger partial charge in [-0.2, -0.15) is 0 Å². The molecule has 0 aromatic heterocycles. The first-order valence-corrected chi connectivity index (χ1v) is 23.8. The first-order valence-electron chi connectivity index (χ1n) is 23.8. The smallest absolute Gasteiger partial charge is 0.306 e. The Balaban J connectivity index is 4.62. The van der Waals surface area contributed by atoms with Gasteiger partial charge in [-0.1, -0.05) is 217 Å². The minimum absolute atomic E-state index is 0.147. The average molecular weight is 863 g/mol. The van der Waals surface area contributed by atoms with E-state index in [1.54, 1.807) is 0 Å². The normalized spacial score (nSPS) is 13.6. The Morgan fingerprint density at radius 1 is 0.333 bits per heavy atom. The summed E-state index contributed by atoms with van der Waals surface area (Å²) >= 11 is 0. The number of unbranched alkanes of at least 4 members (excludes halogenated alkanes) is 8. The van der Waals surface area contributed by atoms with Crippen LogP contribution in [0.3, 0.4) is 0 Å². The van der Waals surface area contributed by atoms with Crippen molar-refractivity contribution in [1.82, 2.24) is 0 Å². The van der Waals surface area contributed by atoms with Gasteiger partial charge in [0.1, 0.15) is 13.2 Å². The van der Waals surface area contributed by atoms with E-state index in [4.69, 9.17) is 14.2 Å². The second kappa shape index (κ2) is 49.4. The van der Waals surface area contributed by atoms with Gasteiger partial charge in [0, 0.05) is 19.3 Å². The number of hydrogen-bond acceptors (Lipinski definition) is 6. The molecule has 1 atom stereocenters. The highest BCUT2D eigenvalue weighted by Gasteiger charge is 2.19. The molecule has 0 saturated heterocycles. The first kappa shape index (κ1) is 57.8. The lowest BCUT2D eigenvalue weighted by atomic mass is 10.1. The van der Waals surface area contributed by atoms with Crippen molar-refractivity contribution in [2.24, 2.45) is 0 Å². The highest BCUT2D eigenvalue weighted by atomic mass is 16.6. The Morgan fingerprint density at radius 2 is 0.667 bits per heavy atom. The fourth-order valence-corrected chi connectivity index (χ4v) is 5.49. The summed E-state index contributed by atoms with van der Waals surface area (Å²) in [5, 5.41) is 0. The molecule has 0 aliphatic carbocycles. The molecular weight excluding hydrogens is 781 g/mol. The Hall–Kier alpha value is -5.23. The van der Waals surface area contributed by atoms with Crippen molar-refractivity contribution < 1.29 is 28.6 Å². The summed E-state index contributed by atoms with van der Waals surface area (Å²) in [4.78, 5) is 37.8. The van der Waals surface area contributed by atoms with Gasteiger partial charge in [-0.25, -0.2) is 0 Å². The van der Waals surface area contributed by atoms with E-state index in [0.717, 1.165) is 77.0 Å². The molecule has 6 nitrogen and oxygen atoms in total. The molecule has 0 heterocycles. The minimum Gasteiger partial charge on any atom is -0.462 e. The summed E-state index contributed by atoms with van der Waals surface area (Å²) in [6.07, 6.45) is 73.5. The molecular formula is C57H82O6. The van der Waals surface area contributed by atoms with Gasteiger partial charge in [0.2, 0.25) is 0 Å². The van der Waals surface area contributed by atoms with Crippen LogP contribution in [0, 0.1) is 0 Å². The zero-order valence-electron chi connectivity index (χ0n) is 39.2. The van der Waals surface area contributed by atoms with Gasteiger partial charge in [-0.3, -0.25) is 14.4 Å². The molecule has 0 aliphatic heterocycles. The lowest BCUT2D eigenvalue weighted by Crippen LogP contribution is -2.30. The van der Waals surface area contributed by atoms with Crippen LogP contribution in [0.1, 0.15) is 149 Å². The number of carbonyl (C=O) groups is 3. The Labute approximate surface area is 383 Å². The minimum atomic E-state index is -0.858. The van der Waals surface area contributed by atoms with Gasteiger partial charge in [0.25, 0.3) is 0 Å². The van der Waals surface area contributed by atoms with Crippen molar-refractivity contribution >= 4 is 17.9 Å². The van der Waals surface area contributed by atoms with Crippen LogP contribution < -0.4 is 0 Å². The maximum Gasteiger partial charge on any atom is 0.306 e. The summed E-state index contributed by atoms with van der Waals surface area (Å²) < 4.78 is 16.6. The lowest BCUT2D eigenvalue weighted by Gasteiger charge is -2.18. The van der Waals surface area contributed by atoms with Gasteiger partial charge < -0.3 is 14.2 Å². The summed E-state index contributed by atoms with van der Waals surface area (Å²) in [6, 6.07) is 0. The number of esters is 3. The van der Waals surface area contributed by atoms with Crippen molar-refractivity contribution in [3.63, 3.8) is 0 Å². The molecule has 0 N–H and O–H groups in total. The van der Waals surface area contributed by atoms with E-state index in [-0.39, 0.29) is 38.0 Å². The van der Waals surface area contributed by atoms with Crippen LogP contribution in [0.5, 0.6) is 0 Å². The van der Waals surface area contributed by atoms with E-state index in [1.165, 1.54) is 12.8 Å². The maximum absolute atomic E-state index is 12.7. The van der Waals surface area contributed by atoms with Gasteiger partial charge in [-0.05, 0) is 83.5 Å². The van der Waals surface area contributed by atoms with Crippen LogP contribution in [-0.4, -0.2) is 37.2 Å². The van der Waals surface area contributed by atoms with Crippen molar-refractivity contribution in [3.05, 3.63) is 170 Å². The van der Waals surface area contributed by atoms with Crippen LogP contribution in [0.15, 0.2) is 170 Å². The molecule has 6 heteroatoms. The number of allylic oxidation sites excluding steroid dienone is 28. The van der Waals surface area contributed by atoms with E-state index in [0.29, 0.717) is 25.7 Å². The number of carbonyl (C=O) groups excluding carboxylic acids is 3. The van der Waals surface area contributed by atoms with Gasteiger partial charge in [0.15, 0.2) is 6.10 Å². The molecule has 0 bridgehead atoms. The predicted octanol–water partition coefficient (Wildman–Crippen LogP) is 15.6. The fourth-order valence-electron chi connectivity index (χ4n) is 5.49. The quantitative estimate of drug-likeness (QED) is 0.0201.